The second-order valence-electron chi connectivity index (χ2n) is 3.78. The molecule has 0 fully saturated rings. The van der Waals surface area contributed by atoms with E-state index < -0.39 is 0 Å². The number of hydrogen-bond acceptors (Lipinski definition) is 2. The van der Waals surface area contributed by atoms with Crippen LogP contribution in [0.25, 0.3) is 0 Å². The van der Waals surface area contributed by atoms with E-state index in [1.54, 1.807) is 0 Å². The molecule has 0 aromatic carbocycles. The van der Waals surface area contributed by atoms with Crippen molar-refractivity contribution in [3.05, 3.63) is 0 Å². The molecule has 2 heteroatoms. The number of ether oxygens (including phenoxy) is 1. The summed E-state index contributed by atoms with van der Waals surface area (Å²) in [4.78, 5) is 0. The third kappa shape index (κ3) is 11.9. The van der Waals surface area contributed by atoms with Crippen LogP contribution in [0.2, 0.25) is 0 Å². The van der Waals surface area contributed by atoms with Crippen LogP contribution in [0, 0.1) is 0 Å². The van der Waals surface area contributed by atoms with Gasteiger partial charge in [0, 0.05) is 13.2 Å². The lowest BCUT2D eigenvalue weighted by atomic mass is 10.3. The Morgan fingerprint density at radius 2 is 1.50 bits per heavy atom. The summed E-state index contributed by atoms with van der Waals surface area (Å²) in [6.07, 6.45) is 7.48. The summed E-state index contributed by atoms with van der Waals surface area (Å²) in [6, 6.07) is 0. The molecule has 1 N–H and O–H groups in total. The van der Waals surface area contributed by atoms with Gasteiger partial charge in [0.2, 0.25) is 0 Å². The van der Waals surface area contributed by atoms with Gasteiger partial charge in [0.1, 0.15) is 0 Å². The first-order valence-corrected chi connectivity index (χ1v) is 6.20. The van der Waals surface area contributed by atoms with Crippen molar-refractivity contribution in [3.8, 4) is 0 Å². The minimum Gasteiger partial charge on any atom is -0.381 e. The smallest absolute Gasteiger partial charge is 0.0466 e. The van der Waals surface area contributed by atoms with Gasteiger partial charge < -0.3 is 10.1 Å². The van der Waals surface area contributed by atoms with Gasteiger partial charge >= 0.3 is 0 Å². The third-order valence-electron chi connectivity index (χ3n) is 2.21. The van der Waals surface area contributed by atoms with Crippen molar-refractivity contribution in [2.75, 3.05) is 26.3 Å². The van der Waals surface area contributed by atoms with Gasteiger partial charge in [0.25, 0.3) is 0 Å². The number of rotatable bonds is 11. The molecule has 0 aliphatic carbocycles. The summed E-state index contributed by atoms with van der Waals surface area (Å²) in [7, 11) is 0. The van der Waals surface area contributed by atoms with Crippen molar-refractivity contribution in [3.63, 3.8) is 0 Å². The molecule has 0 aromatic heterocycles. The van der Waals surface area contributed by atoms with Crippen LogP contribution in [0.1, 0.15) is 52.4 Å². The largest absolute Gasteiger partial charge is 0.381 e. The van der Waals surface area contributed by atoms with E-state index in [0.717, 1.165) is 26.3 Å². The number of unbranched alkanes of at least 4 members (excludes halogenated alkanes) is 3. The van der Waals surface area contributed by atoms with Crippen LogP contribution in [0.3, 0.4) is 0 Å². The van der Waals surface area contributed by atoms with Crippen molar-refractivity contribution < 1.29 is 4.74 Å². The molecule has 0 aliphatic heterocycles. The maximum Gasteiger partial charge on any atom is 0.0466 e. The van der Waals surface area contributed by atoms with Gasteiger partial charge in [-0.1, -0.05) is 26.7 Å². The highest BCUT2D eigenvalue weighted by atomic mass is 16.5. The molecule has 0 unspecified atom stereocenters. The molecule has 14 heavy (non-hydrogen) atoms. The van der Waals surface area contributed by atoms with E-state index in [4.69, 9.17) is 4.74 Å². The van der Waals surface area contributed by atoms with Gasteiger partial charge in [-0.15, -0.1) is 0 Å². The average Bonchev–Trinajstić information content (AvgIpc) is 2.21. The second kappa shape index (κ2) is 12.9. The van der Waals surface area contributed by atoms with Crippen molar-refractivity contribution in [2.45, 2.75) is 52.4 Å². The summed E-state index contributed by atoms with van der Waals surface area (Å²) in [5.41, 5.74) is 0. The molecule has 0 aliphatic rings. The Morgan fingerprint density at radius 3 is 2.14 bits per heavy atom. The van der Waals surface area contributed by atoms with Crippen LogP contribution in [0.5, 0.6) is 0 Å². The Labute approximate surface area is 89.4 Å². The predicted octanol–water partition coefficient (Wildman–Crippen LogP) is 2.97. The van der Waals surface area contributed by atoms with E-state index in [9.17, 15) is 0 Å². The first-order chi connectivity index (χ1) is 6.91. The van der Waals surface area contributed by atoms with Crippen molar-refractivity contribution >= 4 is 0 Å². The molecular weight excluding hydrogens is 174 g/mol. The fourth-order valence-corrected chi connectivity index (χ4v) is 1.31. The number of nitrogens with one attached hydrogen (secondary N) is 1. The van der Waals surface area contributed by atoms with Gasteiger partial charge in [-0.3, -0.25) is 0 Å². The van der Waals surface area contributed by atoms with Crippen LogP contribution in [0.4, 0.5) is 0 Å². The minimum atomic E-state index is 0.942. The monoisotopic (exact) mass is 201 g/mol. The average molecular weight is 201 g/mol. The highest BCUT2D eigenvalue weighted by molar-refractivity contribution is 4.46. The molecule has 0 saturated carbocycles. The zero-order valence-electron chi connectivity index (χ0n) is 9.98. The zero-order valence-corrected chi connectivity index (χ0v) is 9.98. The highest BCUT2D eigenvalue weighted by Gasteiger charge is 1.90. The van der Waals surface area contributed by atoms with Crippen LogP contribution >= 0.6 is 0 Å². The molecule has 0 bridgehead atoms. The fourth-order valence-electron chi connectivity index (χ4n) is 1.31. The molecule has 0 heterocycles. The lowest BCUT2D eigenvalue weighted by molar-refractivity contribution is 0.126. The van der Waals surface area contributed by atoms with Gasteiger partial charge in [0.15, 0.2) is 0 Å². The summed E-state index contributed by atoms with van der Waals surface area (Å²) in [6.45, 7) is 8.61. The minimum absolute atomic E-state index is 0.942. The first kappa shape index (κ1) is 13.9. The van der Waals surface area contributed by atoms with E-state index in [0.29, 0.717) is 0 Å². The fraction of sp³-hybridized carbons (Fsp3) is 1.00. The Morgan fingerprint density at radius 1 is 0.786 bits per heavy atom. The second-order valence-corrected chi connectivity index (χ2v) is 3.78. The van der Waals surface area contributed by atoms with Gasteiger partial charge in [-0.25, -0.2) is 0 Å². The van der Waals surface area contributed by atoms with E-state index in [2.05, 4.69) is 19.2 Å². The molecular formula is C12H27NO. The van der Waals surface area contributed by atoms with Gasteiger partial charge in [-0.05, 0) is 38.8 Å². The maximum atomic E-state index is 5.51. The Balaban J connectivity index is 2.78. The van der Waals surface area contributed by atoms with Crippen LogP contribution < -0.4 is 5.32 Å². The van der Waals surface area contributed by atoms with E-state index in [1.807, 2.05) is 0 Å². The normalized spacial score (nSPS) is 10.7. The van der Waals surface area contributed by atoms with Crippen molar-refractivity contribution in [1.29, 1.82) is 0 Å². The molecule has 0 saturated heterocycles. The maximum absolute atomic E-state index is 5.51. The van der Waals surface area contributed by atoms with Gasteiger partial charge in [0.05, 0.1) is 0 Å². The Hall–Kier alpha value is -0.0800. The summed E-state index contributed by atoms with van der Waals surface area (Å²) >= 11 is 0. The topological polar surface area (TPSA) is 21.3 Å². The predicted molar refractivity (Wildman–Crippen MR) is 62.7 cm³/mol. The van der Waals surface area contributed by atoms with Gasteiger partial charge in [-0.2, -0.15) is 0 Å². The summed E-state index contributed by atoms with van der Waals surface area (Å²) in [5.74, 6) is 0. The number of hydrogen-bond donors (Lipinski definition) is 1. The summed E-state index contributed by atoms with van der Waals surface area (Å²) in [5, 5.41) is 3.39. The summed E-state index contributed by atoms with van der Waals surface area (Å²) < 4.78 is 5.51. The lowest BCUT2D eigenvalue weighted by Crippen LogP contribution is -2.16. The molecule has 0 rings (SSSR count). The molecule has 0 radical (unpaired) electrons. The van der Waals surface area contributed by atoms with Crippen molar-refractivity contribution in [2.24, 2.45) is 0 Å². The van der Waals surface area contributed by atoms with E-state index >= 15 is 0 Å². The SMILES string of the molecule is CCCCCOCCCCNCCC. The quantitative estimate of drug-likeness (QED) is 0.519. The molecule has 0 spiro atoms. The van der Waals surface area contributed by atoms with E-state index in [-0.39, 0.29) is 0 Å². The Bertz CT molecular complexity index is 84.3. The van der Waals surface area contributed by atoms with E-state index in [1.165, 1.54) is 38.5 Å². The third-order valence-corrected chi connectivity index (χ3v) is 2.21. The van der Waals surface area contributed by atoms with Crippen LogP contribution in [-0.4, -0.2) is 26.3 Å². The molecule has 2 nitrogen and oxygen atoms in total. The lowest BCUT2D eigenvalue weighted by Gasteiger charge is -2.04. The first-order valence-electron chi connectivity index (χ1n) is 6.20. The Kier molecular flexibility index (Phi) is 12.8. The molecule has 0 aromatic rings. The molecule has 0 atom stereocenters. The zero-order chi connectivity index (χ0) is 10.5. The molecule has 0 amide bonds. The van der Waals surface area contributed by atoms with Crippen molar-refractivity contribution in [1.82, 2.24) is 5.32 Å². The molecule has 86 valence electrons. The standard InChI is InChI=1S/C12H27NO/c1-3-5-7-11-14-12-8-6-10-13-9-4-2/h13H,3-12H2,1-2H3. The highest BCUT2D eigenvalue weighted by Crippen LogP contribution is 1.95. The van der Waals surface area contributed by atoms with Crippen LogP contribution in [-0.2, 0) is 4.74 Å². The van der Waals surface area contributed by atoms with Crippen LogP contribution in [0.15, 0.2) is 0 Å².